The number of nitrogens with zero attached hydrogens (tertiary/aromatic N) is 1. The molecule has 0 bridgehead atoms. The van der Waals surface area contributed by atoms with Crippen LogP contribution in [0, 0.1) is 0 Å². The van der Waals surface area contributed by atoms with E-state index in [2.05, 4.69) is 22.7 Å². The van der Waals surface area contributed by atoms with E-state index in [9.17, 15) is 4.79 Å². The molecule has 0 aliphatic rings. The highest BCUT2D eigenvalue weighted by molar-refractivity contribution is 6.30. The van der Waals surface area contributed by atoms with E-state index in [1.165, 1.54) is 0 Å². The van der Waals surface area contributed by atoms with Crippen molar-refractivity contribution in [2.75, 3.05) is 0 Å². The first kappa shape index (κ1) is 16.0. The minimum atomic E-state index is -0.274. The summed E-state index contributed by atoms with van der Waals surface area (Å²) < 4.78 is 0. The Morgan fingerprint density at radius 3 is 2.12 bits per heavy atom. The van der Waals surface area contributed by atoms with Crippen molar-refractivity contribution < 1.29 is 4.79 Å². The summed E-state index contributed by atoms with van der Waals surface area (Å²) in [5.41, 5.74) is 6.22. The van der Waals surface area contributed by atoms with Crippen molar-refractivity contribution in [2.45, 2.75) is 0 Å². The van der Waals surface area contributed by atoms with Crippen molar-refractivity contribution in [3.05, 3.63) is 95.0 Å². The lowest BCUT2D eigenvalue weighted by molar-refractivity contribution is 0.0955. The number of hydrazone groups is 1. The van der Waals surface area contributed by atoms with E-state index >= 15 is 0 Å². The highest BCUT2D eigenvalue weighted by atomic mass is 35.5. The third-order valence-corrected chi connectivity index (χ3v) is 3.76. The number of amides is 1. The minimum absolute atomic E-state index is 0.274. The van der Waals surface area contributed by atoms with Crippen LogP contribution in [0.5, 0.6) is 0 Å². The molecule has 0 aromatic heterocycles. The molecule has 4 heteroatoms. The number of nitrogens with one attached hydrogen (secondary N) is 1. The van der Waals surface area contributed by atoms with Crippen LogP contribution in [0.4, 0.5) is 0 Å². The number of hydrogen-bond acceptors (Lipinski definition) is 2. The standard InChI is InChI=1S/C20H15ClN2O/c21-19-12-10-18(11-13-19)20(24)23-22-14-15-6-8-17(9-7-15)16-4-2-1-3-5-16/h1-14H,(H,23,24)/b22-14+. The van der Waals surface area contributed by atoms with Crippen LogP contribution in [-0.4, -0.2) is 12.1 Å². The molecule has 0 radical (unpaired) electrons. The van der Waals surface area contributed by atoms with E-state index in [0.29, 0.717) is 10.6 Å². The maximum Gasteiger partial charge on any atom is 0.271 e. The molecule has 3 rings (SSSR count). The van der Waals surface area contributed by atoms with Crippen LogP contribution in [0.25, 0.3) is 11.1 Å². The molecule has 0 heterocycles. The lowest BCUT2D eigenvalue weighted by Crippen LogP contribution is -2.17. The average Bonchev–Trinajstić information content (AvgIpc) is 2.63. The van der Waals surface area contributed by atoms with Gasteiger partial charge in [0.2, 0.25) is 0 Å². The molecule has 0 spiro atoms. The molecule has 0 aliphatic heterocycles. The van der Waals surface area contributed by atoms with Gasteiger partial charge in [0.1, 0.15) is 0 Å². The molecule has 0 unspecified atom stereocenters. The molecule has 0 fully saturated rings. The molecule has 3 aromatic rings. The molecule has 3 nitrogen and oxygen atoms in total. The molecule has 0 aliphatic carbocycles. The van der Waals surface area contributed by atoms with E-state index in [-0.39, 0.29) is 5.91 Å². The lowest BCUT2D eigenvalue weighted by Gasteiger charge is -2.02. The zero-order valence-electron chi connectivity index (χ0n) is 12.8. The van der Waals surface area contributed by atoms with E-state index < -0.39 is 0 Å². The fourth-order valence-corrected chi connectivity index (χ4v) is 2.35. The zero-order valence-corrected chi connectivity index (χ0v) is 13.6. The van der Waals surface area contributed by atoms with Crippen molar-refractivity contribution in [1.82, 2.24) is 5.43 Å². The predicted octanol–water partition coefficient (Wildman–Crippen LogP) is 4.77. The Morgan fingerprint density at radius 1 is 0.833 bits per heavy atom. The molecule has 24 heavy (non-hydrogen) atoms. The SMILES string of the molecule is O=C(N/N=C/c1ccc(-c2ccccc2)cc1)c1ccc(Cl)cc1. The van der Waals surface area contributed by atoms with Crippen molar-refractivity contribution in [3.63, 3.8) is 0 Å². The Labute approximate surface area is 145 Å². The molecule has 0 saturated carbocycles. The Hall–Kier alpha value is -2.91. The molecule has 0 saturated heterocycles. The quantitative estimate of drug-likeness (QED) is 0.542. The fraction of sp³-hybridized carbons (Fsp3) is 0. The fourth-order valence-electron chi connectivity index (χ4n) is 2.22. The summed E-state index contributed by atoms with van der Waals surface area (Å²) in [5.74, 6) is -0.274. The van der Waals surface area contributed by atoms with Crippen LogP contribution in [0.3, 0.4) is 0 Å². The number of carbonyl (C=O) groups excluding carboxylic acids is 1. The molecule has 0 atom stereocenters. The first-order valence-corrected chi connectivity index (χ1v) is 7.84. The number of carbonyl (C=O) groups is 1. The van der Waals surface area contributed by atoms with Crippen LogP contribution in [0.2, 0.25) is 5.02 Å². The molecular formula is C20H15ClN2O. The summed E-state index contributed by atoms with van der Waals surface area (Å²) in [4.78, 5) is 11.9. The summed E-state index contributed by atoms with van der Waals surface area (Å²) in [6.45, 7) is 0. The zero-order chi connectivity index (χ0) is 16.8. The summed E-state index contributed by atoms with van der Waals surface area (Å²) in [5, 5.41) is 4.58. The molecule has 118 valence electrons. The second-order valence-corrected chi connectivity index (χ2v) is 5.63. The Balaban J connectivity index is 1.62. The summed E-state index contributed by atoms with van der Waals surface area (Å²) in [6.07, 6.45) is 1.61. The third-order valence-electron chi connectivity index (χ3n) is 3.50. The maximum absolute atomic E-state index is 11.9. The highest BCUT2D eigenvalue weighted by Crippen LogP contribution is 2.18. The van der Waals surface area contributed by atoms with Gasteiger partial charge in [0.05, 0.1) is 6.21 Å². The van der Waals surface area contributed by atoms with E-state index in [4.69, 9.17) is 11.6 Å². The van der Waals surface area contributed by atoms with Gasteiger partial charge < -0.3 is 0 Å². The molecule has 3 aromatic carbocycles. The van der Waals surface area contributed by atoms with Crippen molar-refractivity contribution in [1.29, 1.82) is 0 Å². The Morgan fingerprint density at radius 2 is 1.46 bits per heavy atom. The van der Waals surface area contributed by atoms with Crippen molar-refractivity contribution >= 4 is 23.7 Å². The average molecular weight is 335 g/mol. The smallest absolute Gasteiger partial charge is 0.267 e. The number of benzene rings is 3. The normalized spacial score (nSPS) is 10.7. The third kappa shape index (κ3) is 4.09. The number of rotatable bonds is 4. The summed E-state index contributed by atoms with van der Waals surface area (Å²) >= 11 is 5.80. The van der Waals surface area contributed by atoms with E-state index in [1.807, 2.05) is 42.5 Å². The molecule has 1 amide bonds. The van der Waals surface area contributed by atoms with Gasteiger partial charge in [-0.15, -0.1) is 0 Å². The summed E-state index contributed by atoms with van der Waals surface area (Å²) in [7, 11) is 0. The Kier molecular flexibility index (Phi) is 5.04. The number of hydrogen-bond donors (Lipinski definition) is 1. The van der Waals surface area contributed by atoms with Gasteiger partial charge in [-0.2, -0.15) is 5.10 Å². The lowest BCUT2D eigenvalue weighted by atomic mass is 10.0. The van der Waals surface area contributed by atoms with Crippen molar-refractivity contribution in [2.24, 2.45) is 5.10 Å². The van der Waals surface area contributed by atoms with Gasteiger partial charge in [-0.05, 0) is 41.0 Å². The van der Waals surface area contributed by atoms with E-state index in [1.54, 1.807) is 30.5 Å². The minimum Gasteiger partial charge on any atom is -0.267 e. The van der Waals surface area contributed by atoms with Crippen LogP contribution in [-0.2, 0) is 0 Å². The van der Waals surface area contributed by atoms with E-state index in [0.717, 1.165) is 16.7 Å². The topological polar surface area (TPSA) is 41.5 Å². The van der Waals surface area contributed by atoms with Crippen LogP contribution in [0.15, 0.2) is 84.0 Å². The van der Waals surface area contributed by atoms with Crippen LogP contribution < -0.4 is 5.43 Å². The second kappa shape index (κ2) is 7.57. The van der Waals surface area contributed by atoms with Gasteiger partial charge in [0.25, 0.3) is 5.91 Å². The first-order valence-electron chi connectivity index (χ1n) is 7.47. The van der Waals surface area contributed by atoms with Crippen molar-refractivity contribution in [3.8, 4) is 11.1 Å². The first-order chi connectivity index (χ1) is 11.7. The van der Waals surface area contributed by atoms with Gasteiger partial charge in [-0.25, -0.2) is 5.43 Å². The predicted molar refractivity (Wildman–Crippen MR) is 98.4 cm³/mol. The van der Waals surface area contributed by atoms with Gasteiger partial charge in [-0.1, -0.05) is 66.2 Å². The van der Waals surface area contributed by atoms with Gasteiger partial charge >= 0.3 is 0 Å². The Bertz CT molecular complexity index is 841. The van der Waals surface area contributed by atoms with Gasteiger partial charge in [-0.3, -0.25) is 4.79 Å². The van der Waals surface area contributed by atoms with Crippen LogP contribution in [0.1, 0.15) is 15.9 Å². The number of halogens is 1. The summed E-state index contributed by atoms with van der Waals surface area (Å²) in [6, 6.07) is 24.8. The molecular weight excluding hydrogens is 320 g/mol. The van der Waals surface area contributed by atoms with Crippen LogP contribution >= 0.6 is 11.6 Å². The molecule has 1 N–H and O–H groups in total. The maximum atomic E-state index is 11.9. The van der Waals surface area contributed by atoms with Gasteiger partial charge in [0, 0.05) is 10.6 Å². The monoisotopic (exact) mass is 334 g/mol. The largest absolute Gasteiger partial charge is 0.271 e. The second-order valence-electron chi connectivity index (χ2n) is 5.19. The highest BCUT2D eigenvalue weighted by Gasteiger charge is 2.03. The van der Waals surface area contributed by atoms with Gasteiger partial charge in [0.15, 0.2) is 0 Å².